The maximum atomic E-state index is 12.4. The Morgan fingerprint density at radius 1 is 1.40 bits per heavy atom. The van der Waals surface area contributed by atoms with Crippen LogP contribution in [-0.4, -0.2) is 28.5 Å². The molecule has 2 aromatic rings. The molecule has 5 nitrogen and oxygen atoms in total. The number of hydrogen-bond acceptors (Lipinski definition) is 3. The number of nitrogens with zero attached hydrogens (tertiary/aromatic N) is 2. The van der Waals surface area contributed by atoms with Crippen molar-refractivity contribution in [1.29, 1.82) is 0 Å². The van der Waals surface area contributed by atoms with Crippen LogP contribution in [0.2, 0.25) is 0 Å². The fraction of sp³-hybridized carbons (Fsp3) is 0.444. The molecular weight excluding hydrogens is 359 g/mol. The summed E-state index contributed by atoms with van der Waals surface area (Å²) in [6.07, 6.45) is 8.33. The van der Waals surface area contributed by atoms with Gasteiger partial charge in [0.25, 0.3) is 0 Å². The average molecular weight is 385 g/mol. The Morgan fingerprint density at radius 3 is 2.88 bits per heavy atom. The Bertz CT molecular complexity index is 642. The monoisotopic (exact) mass is 384 g/mol. The summed E-state index contributed by atoms with van der Waals surface area (Å²) in [4.78, 5) is 16.5. The molecule has 138 valence electrons. The van der Waals surface area contributed by atoms with Crippen molar-refractivity contribution < 1.29 is 4.79 Å². The van der Waals surface area contributed by atoms with E-state index in [1.165, 1.54) is 12.8 Å². The van der Waals surface area contributed by atoms with Crippen LogP contribution in [0, 0.1) is 11.8 Å². The number of hydrogen-bond donors (Lipinski definition) is 2. The van der Waals surface area contributed by atoms with Gasteiger partial charge >= 0.3 is 0 Å². The van der Waals surface area contributed by atoms with E-state index in [4.69, 9.17) is 0 Å². The van der Waals surface area contributed by atoms with Crippen LogP contribution in [0.1, 0.15) is 26.2 Å². The Kier molecular flexibility index (Phi) is 8.97. The number of para-hydroxylation sites is 2. The third-order valence-corrected chi connectivity index (χ3v) is 4.61. The molecule has 25 heavy (non-hydrogen) atoms. The van der Waals surface area contributed by atoms with Crippen molar-refractivity contribution >= 4 is 36.4 Å². The molecule has 7 heteroatoms. The Balaban J connectivity index is 0.00000156. The van der Waals surface area contributed by atoms with E-state index in [0.717, 1.165) is 24.5 Å². The van der Waals surface area contributed by atoms with Crippen LogP contribution in [0.15, 0.2) is 43.0 Å². The van der Waals surface area contributed by atoms with E-state index in [9.17, 15) is 4.79 Å². The normalized spacial score (nSPS) is 17.7. The lowest BCUT2D eigenvalue weighted by molar-refractivity contribution is -0.117. The van der Waals surface area contributed by atoms with Crippen LogP contribution in [0.25, 0.3) is 5.69 Å². The molecule has 0 aliphatic carbocycles. The van der Waals surface area contributed by atoms with Crippen LogP contribution in [0.4, 0.5) is 5.69 Å². The number of anilines is 1. The van der Waals surface area contributed by atoms with Crippen molar-refractivity contribution in [1.82, 2.24) is 14.9 Å². The summed E-state index contributed by atoms with van der Waals surface area (Å²) in [5.74, 6) is 1.07. The summed E-state index contributed by atoms with van der Waals surface area (Å²) in [6, 6.07) is 7.80. The second kappa shape index (κ2) is 10.4. The van der Waals surface area contributed by atoms with Crippen molar-refractivity contribution in [2.45, 2.75) is 26.2 Å². The lowest BCUT2D eigenvalue weighted by Crippen LogP contribution is -2.34. The zero-order valence-corrected chi connectivity index (χ0v) is 16.0. The molecule has 1 amide bonds. The van der Waals surface area contributed by atoms with E-state index in [1.807, 2.05) is 35.0 Å². The zero-order valence-electron chi connectivity index (χ0n) is 14.4. The first kappa shape index (κ1) is 21.5. The highest BCUT2D eigenvalue weighted by molar-refractivity contribution is 5.93. The zero-order chi connectivity index (χ0) is 16.1. The first-order chi connectivity index (χ1) is 11.2. The maximum Gasteiger partial charge on any atom is 0.224 e. The van der Waals surface area contributed by atoms with Crippen molar-refractivity contribution in [2.24, 2.45) is 11.8 Å². The van der Waals surface area contributed by atoms with E-state index in [0.29, 0.717) is 18.3 Å². The van der Waals surface area contributed by atoms with Crippen LogP contribution in [-0.2, 0) is 4.79 Å². The third-order valence-electron chi connectivity index (χ3n) is 4.61. The number of piperidine rings is 1. The summed E-state index contributed by atoms with van der Waals surface area (Å²) in [7, 11) is 0. The lowest BCUT2D eigenvalue weighted by Gasteiger charge is -2.28. The molecule has 2 heterocycles. The summed E-state index contributed by atoms with van der Waals surface area (Å²) >= 11 is 0. The van der Waals surface area contributed by atoms with Gasteiger partial charge in [-0.3, -0.25) is 4.79 Å². The van der Waals surface area contributed by atoms with Crippen LogP contribution in [0.5, 0.6) is 0 Å². The van der Waals surface area contributed by atoms with Crippen molar-refractivity contribution in [3.63, 3.8) is 0 Å². The van der Waals surface area contributed by atoms with Crippen molar-refractivity contribution in [3.05, 3.63) is 43.0 Å². The Labute approximate surface area is 161 Å². The highest BCUT2D eigenvalue weighted by Gasteiger charge is 2.22. The topological polar surface area (TPSA) is 59.0 Å². The van der Waals surface area contributed by atoms with E-state index < -0.39 is 0 Å². The van der Waals surface area contributed by atoms with Gasteiger partial charge in [0.05, 0.1) is 17.7 Å². The fourth-order valence-electron chi connectivity index (χ4n) is 3.23. The molecule has 2 unspecified atom stereocenters. The molecule has 1 aliphatic rings. The quantitative estimate of drug-likeness (QED) is 0.826. The maximum absolute atomic E-state index is 12.4. The lowest BCUT2D eigenvalue weighted by atomic mass is 9.85. The summed E-state index contributed by atoms with van der Waals surface area (Å²) in [5.41, 5.74) is 1.76. The molecule has 1 aromatic carbocycles. The Hall–Kier alpha value is -1.56. The van der Waals surface area contributed by atoms with Crippen LogP contribution in [0.3, 0.4) is 0 Å². The number of benzene rings is 1. The molecule has 0 saturated carbocycles. The minimum atomic E-state index is 0. The highest BCUT2D eigenvalue weighted by atomic mass is 35.5. The second-order valence-corrected chi connectivity index (χ2v) is 6.32. The van der Waals surface area contributed by atoms with Gasteiger partial charge in [-0.25, -0.2) is 4.98 Å². The van der Waals surface area contributed by atoms with Crippen LogP contribution < -0.4 is 10.6 Å². The number of amides is 1. The van der Waals surface area contributed by atoms with Gasteiger partial charge in [-0.05, 0) is 49.9 Å². The predicted molar refractivity (Wildman–Crippen MR) is 106 cm³/mol. The van der Waals surface area contributed by atoms with E-state index in [2.05, 4.69) is 22.5 Å². The largest absolute Gasteiger partial charge is 0.324 e. The molecule has 1 saturated heterocycles. The van der Waals surface area contributed by atoms with Gasteiger partial charge in [-0.1, -0.05) is 19.1 Å². The second-order valence-electron chi connectivity index (χ2n) is 6.32. The van der Waals surface area contributed by atoms with Gasteiger partial charge in [0.15, 0.2) is 0 Å². The summed E-state index contributed by atoms with van der Waals surface area (Å²) < 4.78 is 1.91. The number of halogens is 2. The third kappa shape index (κ3) is 5.73. The van der Waals surface area contributed by atoms with Gasteiger partial charge in [0.1, 0.15) is 0 Å². The smallest absolute Gasteiger partial charge is 0.224 e. The minimum absolute atomic E-state index is 0. The van der Waals surface area contributed by atoms with Gasteiger partial charge in [0, 0.05) is 18.8 Å². The molecule has 3 rings (SSSR count). The summed E-state index contributed by atoms with van der Waals surface area (Å²) in [5, 5.41) is 6.49. The SMILES string of the molecule is CC(CC(=O)Nc1ccccc1-n1ccnc1)C1CCCNC1.Cl.Cl. The minimum Gasteiger partial charge on any atom is -0.324 e. The van der Waals surface area contributed by atoms with Crippen molar-refractivity contribution in [3.8, 4) is 5.69 Å². The molecule has 1 fully saturated rings. The molecule has 1 aliphatic heterocycles. The van der Waals surface area contributed by atoms with Crippen LogP contribution >= 0.6 is 24.8 Å². The van der Waals surface area contributed by atoms with Gasteiger partial charge in [-0.2, -0.15) is 0 Å². The summed E-state index contributed by atoms with van der Waals surface area (Å²) in [6.45, 7) is 4.31. The highest BCUT2D eigenvalue weighted by Crippen LogP contribution is 2.24. The first-order valence-electron chi connectivity index (χ1n) is 8.32. The molecule has 0 spiro atoms. The number of rotatable bonds is 5. The molecule has 0 bridgehead atoms. The Morgan fingerprint density at radius 2 is 2.20 bits per heavy atom. The first-order valence-corrected chi connectivity index (χ1v) is 8.32. The number of nitrogens with one attached hydrogen (secondary N) is 2. The molecule has 1 aromatic heterocycles. The average Bonchev–Trinajstić information content (AvgIpc) is 3.10. The van der Waals surface area contributed by atoms with E-state index in [1.54, 1.807) is 12.5 Å². The number of carbonyl (C=O) groups excluding carboxylic acids is 1. The molecular formula is C18H26Cl2N4O. The number of aromatic nitrogens is 2. The van der Waals surface area contributed by atoms with Gasteiger partial charge in [-0.15, -0.1) is 24.8 Å². The predicted octanol–water partition coefficient (Wildman–Crippen LogP) is 3.68. The molecule has 2 atom stereocenters. The number of carbonyl (C=O) groups is 1. The van der Waals surface area contributed by atoms with E-state index in [-0.39, 0.29) is 30.7 Å². The van der Waals surface area contributed by atoms with Gasteiger partial charge in [0.2, 0.25) is 5.91 Å². The van der Waals surface area contributed by atoms with E-state index >= 15 is 0 Å². The number of imidazole rings is 1. The molecule has 0 radical (unpaired) electrons. The van der Waals surface area contributed by atoms with Gasteiger partial charge < -0.3 is 15.2 Å². The van der Waals surface area contributed by atoms with Crippen molar-refractivity contribution in [2.75, 3.05) is 18.4 Å². The fourth-order valence-corrected chi connectivity index (χ4v) is 3.23. The standard InChI is InChI=1S/C18H24N4O.2ClH/c1-14(15-5-4-8-19-12-15)11-18(23)21-16-6-2-3-7-17(16)22-10-9-20-13-22;;/h2-3,6-7,9-10,13-15,19H,4-5,8,11-12H2,1H3,(H,21,23);2*1H. The molecule has 2 N–H and O–H groups in total.